The third-order valence-corrected chi connectivity index (χ3v) is 6.16. The first-order chi connectivity index (χ1) is 12.8. The predicted molar refractivity (Wildman–Crippen MR) is 104 cm³/mol. The smallest absolute Gasteiger partial charge is 0.251 e. The lowest BCUT2D eigenvalue weighted by Crippen LogP contribution is -2.49. The molecule has 0 saturated carbocycles. The molecule has 0 radical (unpaired) electrons. The van der Waals surface area contributed by atoms with Crippen molar-refractivity contribution in [1.82, 2.24) is 9.80 Å². The van der Waals surface area contributed by atoms with Crippen molar-refractivity contribution in [3.05, 3.63) is 16.0 Å². The van der Waals surface area contributed by atoms with Crippen molar-refractivity contribution < 1.29 is 19.4 Å². The second-order valence-corrected chi connectivity index (χ2v) is 8.79. The third kappa shape index (κ3) is 4.85. The second-order valence-electron chi connectivity index (χ2n) is 7.69. The van der Waals surface area contributed by atoms with Crippen LogP contribution in [0.3, 0.4) is 0 Å². The summed E-state index contributed by atoms with van der Waals surface area (Å²) < 4.78 is 5.81. The van der Waals surface area contributed by atoms with Gasteiger partial charge in [0, 0.05) is 44.0 Å². The summed E-state index contributed by atoms with van der Waals surface area (Å²) in [6, 6.07) is 0. The fourth-order valence-corrected chi connectivity index (χ4v) is 4.74. The van der Waals surface area contributed by atoms with Crippen LogP contribution in [-0.2, 0) is 22.6 Å². The van der Waals surface area contributed by atoms with E-state index in [1.165, 1.54) is 11.3 Å². The molecule has 0 unspecified atom stereocenters. The minimum absolute atomic E-state index is 0.146. The lowest BCUT2D eigenvalue weighted by molar-refractivity contribution is -0.117. The summed E-state index contributed by atoms with van der Waals surface area (Å²) >= 11 is 1.38. The number of piperazine rings is 1. The molecule has 0 aromatic carbocycles. The molecular weight excluding hydrogens is 368 g/mol. The summed E-state index contributed by atoms with van der Waals surface area (Å²) in [4.78, 5) is 29.8. The molecule has 2 amide bonds. The molecule has 0 aliphatic carbocycles. The Kier molecular flexibility index (Phi) is 6.17. The normalized spacial score (nSPS) is 20.3. The molecule has 27 heavy (non-hydrogen) atoms. The zero-order valence-electron chi connectivity index (χ0n) is 15.9. The average molecular weight is 397 g/mol. The van der Waals surface area contributed by atoms with Crippen molar-refractivity contribution >= 4 is 28.2 Å². The molecule has 2 aliphatic rings. The van der Waals surface area contributed by atoms with Gasteiger partial charge in [0.05, 0.1) is 30.9 Å². The Balaban J connectivity index is 1.65. The second kappa shape index (κ2) is 8.24. The van der Waals surface area contributed by atoms with Gasteiger partial charge in [-0.3, -0.25) is 19.4 Å². The molecule has 0 spiro atoms. The number of hydrogen-bond acceptors (Lipinski definition) is 7. The molecule has 8 nitrogen and oxygen atoms in total. The van der Waals surface area contributed by atoms with Gasteiger partial charge in [-0.15, -0.1) is 11.3 Å². The Hall–Kier alpha value is -1.52. The van der Waals surface area contributed by atoms with Crippen LogP contribution in [0, 0.1) is 0 Å². The number of nitrogens with zero attached hydrogens (tertiary/aromatic N) is 2. The average Bonchev–Trinajstić information content (AvgIpc) is 2.92. The van der Waals surface area contributed by atoms with Crippen molar-refractivity contribution in [1.29, 1.82) is 0 Å². The molecular formula is C18H28N4O4S. The summed E-state index contributed by atoms with van der Waals surface area (Å²) in [6.45, 7) is 8.70. The lowest BCUT2D eigenvalue weighted by Gasteiger charge is -2.33. The first-order valence-electron chi connectivity index (χ1n) is 9.23. The number of β-amino-alcohol motifs (C(OH)–C–C–N with tert-alkyl or cyclic N) is 1. The number of fused-ring (bicyclic) bond motifs is 1. The number of aliphatic hydroxyl groups is 1. The number of carbonyl (C=O) groups excluding carboxylic acids is 2. The Morgan fingerprint density at radius 2 is 1.93 bits per heavy atom. The number of ether oxygens (including phenoxy) is 1. The topological polar surface area (TPSA) is 108 Å². The van der Waals surface area contributed by atoms with Crippen molar-refractivity contribution in [2.45, 2.75) is 32.5 Å². The van der Waals surface area contributed by atoms with Crippen LogP contribution in [0.2, 0.25) is 0 Å². The molecule has 3 heterocycles. The van der Waals surface area contributed by atoms with E-state index in [2.05, 4.69) is 15.1 Å². The van der Waals surface area contributed by atoms with E-state index in [0.29, 0.717) is 30.1 Å². The number of thiophene rings is 1. The maximum atomic E-state index is 12.5. The standard InChI is InChI=1S/C18H28N4O4S/c1-18(2)9-12-13(11-26-18)27-17(15(12)16(19)25)20-14(24)10-22-5-3-21(4-6-22)7-8-23/h23H,3-11H2,1-2H3,(H2,19,25)(H,20,24). The molecule has 3 rings (SSSR count). The van der Waals surface area contributed by atoms with Gasteiger partial charge in [-0.05, 0) is 19.4 Å². The Labute approximate surface area is 163 Å². The number of aliphatic hydroxyl groups excluding tert-OH is 1. The van der Waals surface area contributed by atoms with Crippen LogP contribution in [0.25, 0.3) is 0 Å². The van der Waals surface area contributed by atoms with E-state index in [1.807, 2.05) is 13.8 Å². The maximum absolute atomic E-state index is 12.5. The Bertz CT molecular complexity index is 710. The van der Waals surface area contributed by atoms with Gasteiger partial charge in [-0.25, -0.2) is 0 Å². The van der Waals surface area contributed by atoms with Crippen LogP contribution in [0.15, 0.2) is 0 Å². The highest BCUT2D eigenvalue weighted by Crippen LogP contribution is 2.40. The van der Waals surface area contributed by atoms with E-state index in [0.717, 1.165) is 36.6 Å². The van der Waals surface area contributed by atoms with Gasteiger partial charge >= 0.3 is 0 Å². The minimum Gasteiger partial charge on any atom is -0.395 e. The van der Waals surface area contributed by atoms with Crippen molar-refractivity contribution in [3.63, 3.8) is 0 Å². The number of nitrogens with one attached hydrogen (secondary N) is 1. The predicted octanol–water partition coefficient (Wildman–Crippen LogP) is 0.247. The molecule has 1 fully saturated rings. The summed E-state index contributed by atoms with van der Waals surface area (Å²) in [5.41, 5.74) is 6.58. The number of nitrogens with two attached hydrogens (primary N) is 1. The highest BCUT2D eigenvalue weighted by Gasteiger charge is 2.33. The van der Waals surface area contributed by atoms with Crippen LogP contribution in [0.1, 0.15) is 34.6 Å². The van der Waals surface area contributed by atoms with Gasteiger partial charge < -0.3 is 20.9 Å². The monoisotopic (exact) mass is 396 g/mol. The van der Waals surface area contributed by atoms with Crippen LogP contribution in [-0.4, -0.2) is 78.2 Å². The number of anilines is 1. The molecule has 150 valence electrons. The van der Waals surface area contributed by atoms with Crippen molar-refractivity contribution in [2.75, 3.05) is 51.2 Å². The highest BCUT2D eigenvalue weighted by atomic mass is 32.1. The van der Waals surface area contributed by atoms with E-state index in [4.69, 9.17) is 15.6 Å². The van der Waals surface area contributed by atoms with Crippen molar-refractivity contribution in [2.24, 2.45) is 5.73 Å². The molecule has 1 aromatic heterocycles. The van der Waals surface area contributed by atoms with Crippen LogP contribution < -0.4 is 11.1 Å². The fourth-order valence-electron chi connectivity index (χ4n) is 3.58. The number of hydrogen-bond donors (Lipinski definition) is 3. The van der Waals surface area contributed by atoms with E-state index >= 15 is 0 Å². The number of amides is 2. The van der Waals surface area contributed by atoms with Gasteiger partial charge in [0.15, 0.2) is 0 Å². The van der Waals surface area contributed by atoms with E-state index in [9.17, 15) is 9.59 Å². The fraction of sp³-hybridized carbons (Fsp3) is 0.667. The van der Waals surface area contributed by atoms with Gasteiger partial charge in [-0.1, -0.05) is 0 Å². The third-order valence-electron chi connectivity index (χ3n) is 5.03. The zero-order chi connectivity index (χ0) is 19.6. The first-order valence-corrected chi connectivity index (χ1v) is 10.0. The van der Waals surface area contributed by atoms with Crippen molar-refractivity contribution in [3.8, 4) is 0 Å². The molecule has 4 N–H and O–H groups in total. The lowest BCUT2D eigenvalue weighted by atomic mass is 9.93. The van der Waals surface area contributed by atoms with E-state index in [1.54, 1.807) is 0 Å². The van der Waals surface area contributed by atoms with Crippen LogP contribution in [0.5, 0.6) is 0 Å². The SMILES string of the molecule is CC1(C)Cc2c(sc(NC(=O)CN3CCN(CCO)CC3)c2C(N)=O)CO1. The first kappa shape index (κ1) is 20.2. The largest absolute Gasteiger partial charge is 0.395 e. The summed E-state index contributed by atoms with van der Waals surface area (Å²) in [6.07, 6.45) is 0.597. The molecule has 2 aliphatic heterocycles. The number of carbonyl (C=O) groups is 2. The molecule has 0 atom stereocenters. The Morgan fingerprint density at radius 1 is 1.26 bits per heavy atom. The molecule has 9 heteroatoms. The van der Waals surface area contributed by atoms with Crippen LogP contribution >= 0.6 is 11.3 Å². The highest BCUT2D eigenvalue weighted by molar-refractivity contribution is 7.17. The quantitative estimate of drug-likeness (QED) is 0.636. The number of rotatable bonds is 6. The minimum atomic E-state index is -0.516. The van der Waals surface area contributed by atoms with E-state index in [-0.39, 0.29) is 24.7 Å². The Morgan fingerprint density at radius 3 is 2.56 bits per heavy atom. The summed E-state index contributed by atoms with van der Waals surface area (Å²) in [7, 11) is 0. The van der Waals surface area contributed by atoms with Gasteiger partial charge in [0.25, 0.3) is 5.91 Å². The van der Waals surface area contributed by atoms with Gasteiger partial charge in [0.1, 0.15) is 5.00 Å². The maximum Gasteiger partial charge on any atom is 0.251 e. The summed E-state index contributed by atoms with van der Waals surface area (Å²) in [5, 5.41) is 12.4. The molecule has 1 saturated heterocycles. The number of primary amides is 1. The van der Waals surface area contributed by atoms with Gasteiger partial charge in [-0.2, -0.15) is 0 Å². The van der Waals surface area contributed by atoms with E-state index < -0.39 is 5.91 Å². The summed E-state index contributed by atoms with van der Waals surface area (Å²) in [5.74, 6) is -0.662. The van der Waals surface area contributed by atoms with Gasteiger partial charge in [0.2, 0.25) is 5.91 Å². The van der Waals surface area contributed by atoms with Crippen LogP contribution in [0.4, 0.5) is 5.00 Å². The zero-order valence-corrected chi connectivity index (χ0v) is 16.7. The molecule has 1 aromatic rings. The molecule has 0 bridgehead atoms.